The summed E-state index contributed by atoms with van der Waals surface area (Å²) in [6, 6.07) is 5.61. The average molecular weight is 237 g/mol. The number of anilines is 1. The van der Waals surface area contributed by atoms with Gasteiger partial charge in [0.1, 0.15) is 0 Å². The Morgan fingerprint density at radius 2 is 1.67 bits per heavy atom. The first-order chi connectivity index (χ1) is 8.86. The summed E-state index contributed by atoms with van der Waals surface area (Å²) in [5, 5.41) is 0. The molecule has 3 rings (SSSR count). The molecular weight excluding hydrogens is 226 g/mol. The molecule has 0 amide bonds. The lowest BCUT2D eigenvalue weighted by Crippen LogP contribution is -1.98. The lowest BCUT2D eigenvalue weighted by Gasteiger charge is -2.09. The van der Waals surface area contributed by atoms with Crippen LogP contribution in [0.15, 0.2) is 55.5 Å². The molecule has 0 aromatic carbocycles. The number of aromatic nitrogens is 4. The van der Waals surface area contributed by atoms with Gasteiger partial charge in [0.2, 0.25) is 0 Å². The molecule has 0 aliphatic rings. The fraction of sp³-hybridized carbons (Fsp3) is 0. The third-order valence-corrected chi connectivity index (χ3v) is 2.71. The smallest absolute Gasteiger partial charge is 0.0997 e. The summed E-state index contributed by atoms with van der Waals surface area (Å²) in [5.74, 6) is 0. The van der Waals surface area contributed by atoms with Gasteiger partial charge in [-0.2, -0.15) is 0 Å². The molecule has 0 radical (unpaired) electrons. The third-order valence-electron chi connectivity index (χ3n) is 2.71. The lowest BCUT2D eigenvalue weighted by molar-refractivity contribution is 1.05. The zero-order valence-electron chi connectivity index (χ0n) is 9.56. The second kappa shape index (κ2) is 4.29. The number of rotatable bonds is 2. The van der Waals surface area contributed by atoms with Gasteiger partial charge in [0.05, 0.1) is 23.9 Å². The minimum absolute atomic E-state index is 0.681. The average Bonchev–Trinajstić information content (AvgIpc) is 2.89. The molecule has 3 aromatic heterocycles. The van der Waals surface area contributed by atoms with Crippen LogP contribution in [0.2, 0.25) is 0 Å². The highest BCUT2D eigenvalue weighted by atomic mass is 15.1. The molecule has 0 saturated carbocycles. The highest BCUT2D eigenvalue weighted by Gasteiger charge is 2.09. The molecule has 88 valence electrons. The summed E-state index contributed by atoms with van der Waals surface area (Å²) in [5.41, 5.74) is 9.41. The number of imidazole rings is 1. The van der Waals surface area contributed by atoms with E-state index in [1.54, 1.807) is 43.4 Å². The van der Waals surface area contributed by atoms with Crippen LogP contribution < -0.4 is 5.73 Å². The van der Waals surface area contributed by atoms with Crippen molar-refractivity contribution in [3.05, 3.63) is 55.5 Å². The number of pyridine rings is 2. The predicted molar refractivity (Wildman–Crippen MR) is 69.0 cm³/mol. The van der Waals surface area contributed by atoms with Gasteiger partial charge in [-0.1, -0.05) is 0 Å². The SMILES string of the molecule is Nc1ccncc1-c1cncn1-c1ccncc1. The van der Waals surface area contributed by atoms with E-state index in [4.69, 9.17) is 5.73 Å². The molecule has 5 nitrogen and oxygen atoms in total. The molecular formula is C13H11N5. The lowest BCUT2D eigenvalue weighted by atomic mass is 10.2. The summed E-state index contributed by atoms with van der Waals surface area (Å²) < 4.78 is 1.95. The van der Waals surface area contributed by atoms with E-state index in [2.05, 4.69) is 15.0 Å². The Morgan fingerprint density at radius 1 is 0.889 bits per heavy atom. The van der Waals surface area contributed by atoms with Crippen LogP contribution in [0.1, 0.15) is 0 Å². The van der Waals surface area contributed by atoms with E-state index in [0.717, 1.165) is 16.9 Å². The van der Waals surface area contributed by atoms with Gasteiger partial charge in [-0.25, -0.2) is 4.98 Å². The first-order valence-corrected chi connectivity index (χ1v) is 5.49. The van der Waals surface area contributed by atoms with E-state index in [-0.39, 0.29) is 0 Å². The summed E-state index contributed by atoms with van der Waals surface area (Å²) in [7, 11) is 0. The first kappa shape index (κ1) is 10.5. The van der Waals surface area contributed by atoms with Gasteiger partial charge < -0.3 is 5.73 Å². The van der Waals surface area contributed by atoms with E-state index in [1.165, 1.54) is 0 Å². The summed E-state index contributed by atoms with van der Waals surface area (Å²) in [6.07, 6.45) is 10.4. The van der Waals surface area contributed by atoms with Crippen molar-refractivity contribution >= 4 is 5.69 Å². The van der Waals surface area contributed by atoms with Crippen molar-refractivity contribution in [2.24, 2.45) is 0 Å². The Morgan fingerprint density at radius 3 is 2.44 bits per heavy atom. The van der Waals surface area contributed by atoms with Crippen LogP contribution in [-0.4, -0.2) is 19.5 Å². The Bertz CT molecular complexity index is 660. The normalized spacial score (nSPS) is 10.4. The van der Waals surface area contributed by atoms with Gasteiger partial charge in [-0.05, 0) is 18.2 Å². The van der Waals surface area contributed by atoms with Gasteiger partial charge in [-0.3, -0.25) is 14.5 Å². The Labute approximate surface area is 104 Å². The van der Waals surface area contributed by atoms with Gasteiger partial charge in [0.25, 0.3) is 0 Å². The summed E-state index contributed by atoms with van der Waals surface area (Å²) in [6.45, 7) is 0. The fourth-order valence-electron chi connectivity index (χ4n) is 1.82. The fourth-order valence-corrected chi connectivity index (χ4v) is 1.82. The van der Waals surface area contributed by atoms with Gasteiger partial charge in [0.15, 0.2) is 0 Å². The molecule has 0 saturated heterocycles. The van der Waals surface area contributed by atoms with Crippen molar-refractivity contribution < 1.29 is 0 Å². The van der Waals surface area contributed by atoms with Crippen molar-refractivity contribution in [2.75, 3.05) is 5.73 Å². The van der Waals surface area contributed by atoms with Gasteiger partial charge >= 0.3 is 0 Å². The highest BCUT2D eigenvalue weighted by Crippen LogP contribution is 2.26. The number of hydrogen-bond donors (Lipinski definition) is 1. The Hall–Kier alpha value is -2.69. The van der Waals surface area contributed by atoms with Crippen molar-refractivity contribution in [1.29, 1.82) is 0 Å². The molecule has 0 unspecified atom stereocenters. The van der Waals surface area contributed by atoms with Crippen LogP contribution in [0.3, 0.4) is 0 Å². The number of hydrogen-bond acceptors (Lipinski definition) is 4. The van der Waals surface area contributed by atoms with Gasteiger partial charge in [-0.15, -0.1) is 0 Å². The topological polar surface area (TPSA) is 69.6 Å². The monoisotopic (exact) mass is 237 g/mol. The van der Waals surface area contributed by atoms with E-state index in [1.807, 2.05) is 16.7 Å². The van der Waals surface area contributed by atoms with Crippen LogP contribution in [0, 0.1) is 0 Å². The molecule has 2 N–H and O–H groups in total. The van der Waals surface area contributed by atoms with E-state index < -0.39 is 0 Å². The molecule has 3 heterocycles. The zero-order valence-corrected chi connectivity index (χ0v) is 9.56. The number of nitrogen functional groups attached to an aromatic ring is 1. The quantitative estimate of drug-likeness (QED) is 0.739. The van der Waals surface area contributed by atoms with Crippen LogP contribution >= 0.6 is 0 Å². The Kier molecular flexibility index (Phi) is 2.49. The Balaban J connectivity index is 2.16. The minimum atomic E-state index is 0.681. The van der Waals surface area contributed by atoms with E-state index >= 15 is 0 Å². The molecule has 0 spiro atoms. The second-order valence-electron chi connectivity index (χ2n) is 3.82. The van der Waals surface area contributed by atoms with Crippen molar-refractivity contribution in [2.45, 2.75) is 0 Å². The predicted octanol–water partition coefficient (Wildman–Crippen LogP) is 1.91. The van der Waals surface area contributed by atoms with Gasteiger partial charge in [0, 0.05) is 36.0 Å². The molecule has 0 atom stereocenters. The maximum absolute atomic E-state index is 5.97. The van der Waals surface area contributed by atoms with Crippen LogP contribution in [0.4, 0.5) is 5.69 Å². The van der Waals surface area contributed by atoms with E-state index in [9.17, 15) is 0 Å². The molecule has 0 aliphatic heterocycles. The zero-order chi connectivity index (χ0) is 12.4. The number of nitrogens with zero attached hydrogens (tertiary/aromatic N) is 4. The maximum atomic E-state index is 5.97. The third kappa shape index (κ3) is 1.71. The van der Waals surface area contributed by atoms with Crippen molar-refractivity contribution in [3.63, 3.8) is 0 Å². The molecule has 3 aromatic rings. The summed E-state index contributed by atoms with van der Waals surface area (Å²) >= 11 is 0. The van der Waals surface area contributed by atoms with Crippen LogP contribution in [0.5, 0.6) is 0 Å². The number of nitrogens with two attached hydrogens (primary N) is 1. The molecule has 5 heteroatoms. The molecule has 0 aliphatic carbocycles. The first-order valence-electron chi connectivity index (χ1n) is 5.49. The molecule has 0 bridgehead atoms. The van der Waals surface area contributed by atoms with Crippen molar-refractivity contribution in [1.82, 2.24) is 19.5 Å². The minimum Gasteiger partial charge on any atom is -0.398 e. The van der Waals surface area contributed by atoms with Crippen molar-refractivity contribution in [3.8, 4) is 16.9 Å². The van der Waals surface area contributed by atoms with E-state index in [0.29, 0.717) is 5.69 Å². The van der Waals surface area contributed by atoms with Crippen LogP contribution in [-0.2, 0) is 0 Å². The second-order valence-corrected chi connectivity index (χ2v) is 3.82. The maximum Gasteiger partial charge on any atom is 0.0997 e. The highest BCUT2D eigenvalue weighted by molar-refractivity contribution is 5.73. The molecule has 0 fully saturated rings. The molecule has 18 heavy (non-hydrogen) atoms. The summed E-state index contributed by atoms with van der Waals surface area (Å²) in [4.78, 5) is 12.3. The standard InChI is InChI=1S/C13H11N5/c14-12-3-6-16-7-11(12)13-8-17-9-18(13)10-1-4-15-5-2-10/h1-9H,(H2,14,16). The van der Waals surface area contributed by atoms with Crippen LogP contribution in [0.25, 0.3) is 16.9 Å². The largest absolute Gasteiger partial charge is 0.398 e.